The molecule has 316 valence electrons. The normalized spacial score (nSPS) is 21.6. The van der Waals surface area contributed by atoms with Gasteiger partial charge in [0.25, 0.3) is 21.8 Å². The largest absolute Gasteiger partial charge is 0.496 e. The van der Waals surface area contributed by atoms with E-state index in [1.165, 1.54) is 7.11 Å². The number of anilines is 3. The molecule has 18 heteroatoms. The summed E-state index contributed by atoms with van der Waals surface area (Å²) in [5.41, 5.74) is 3.48. The van der Waals surface area contributed by atoms with Gasteiger partial charge in [0.05, 0.1) is 30.5 Å². The molecule has 61 heavy (non-hydrogen) atoms. The van der Waals surface area contributed by atoms with Gasteiger partial charge < -0.3 is 24.0 Å². The number of aromatic nitrogens is 3. The minimum atomic E-state index is -4.07. The molecule has 0 aliphatic carbocycles. The van der Waals surface area contributed by atoms with E-state index in [1.54, 1.807) is 41.2 Å². The Bertz CT molecular complexity index is 2680. The van der Waals surface area contributed by atoms with Crippen LogP contribution in [0, 0.1) is 11.3 Å². The first-order valence-corrected chi connectivity index (χ1v) is 22.1. The van der Waals surface area contributed by atoms with Crippen LogP contribution in [0.2, 0.25) is 0 Å². The summed E-state index contributed by atoms with van der Waals surface area (Å²) in [6, 6.07) is 16.9. The number of fused-ring (bicyclic) bond motifs is 2. The highest BCUT2D eigenvalue weighted by Crippen LogP contribution is 2.45. The lowest BCUT2D eigenvalue weighted by Crippen LogP contribution is -2.61. The van der Waals surface area contributed by atoms with Crippen molar-refractivity contribution in [2.45, 2.75) is 49.6 Å². The number of hydrogen-bond donors (Lipinski definition) is 2. The predicted octanol–water partition coefficient (Wildman–Crippen LogP) is 3.71. The van der Waals surface area contributed by atoms with Gasteiger partial charge in [-0.2, -0.15) is 5.10 Å². The molecule has 5 aliphatic heterocycles. The number of imide groups is 2. The fraction of sp³-hybridized carbons (Fsp3) is 0.395. The van der Waals surface area contributed by atoms with Gasteiger partial charge in [-0.3, -0.25) is 38.8 Å². The van der Waals surface area contributed by atoms with Crippen molar-refractivity contribution in [2.75, 3.05) is 67.4 Å². The number of ether oxygens (including phenoxy) is 1. The number of sulfonamides is 1. The molecule has 4 fully saturated rings. The van der Waals surface area contributed by atoms with E-state index >= 15 is 0 Å². The van der Waals surface area contributed by atoms with Crippen molar-refractivity contribution in [1.82, 2.24) is 30.1 Å². The molecule has 3 aromatic carbocycles. The number of carbonyl (C=O) groups excluding carboxylic acids is 4. The molecule has 2 atom stereocenters. The fourth-order valence-electron chi connectivity index (χ4n) is 9.82. The van der Waals surface area contributed by atoms with Crippen molar-refractivity contribution < 1.29 is 36.9 Å². The maximum absolute atomic E-state index is 14.0. The number of carbonyl (C=O) groups is 4. The summed E-state index contributed by atoms with van der Waals surface area (Å²) in [4.78, 5) is 58.9. The maximum Gasteiger partial charge on any atom is 0.265 e. The Morgan fingerprint density at radius 2 is 1.74 bits per heavy atom. The SMILES string of the molecule is COc1cc(Cn2cccn2)cc2onc(NS(=O)(=O)c3ccccc3N3CC4(CCN(CC5CCN(c6ccc7c(c6)C(=O)N(C6CCC(=O)NC6=O)C7=O)C5)CC4)C3)c12. The molecule has 4 saturated heterocycles. The highest BCUT2D eigenvalue weighted by Gasteiger charge is 2.47. The molecule has 2 aromatic heterocycles. The molecule has 5 aliphatic rings. The number of nitrogens with zero attached hydrogens (tertiary/aromatic N) is 7. The zero-order valence-corrected chi connectivity index (χ0v) is 34.4. The summed E-state index contributed by atoms with van der Waals surface area (Å²) in [6.45, 7) is 6.56. The van der Waals surface area contributed by atoms with Crippen LogP contribution in [0.3, 0.4) is 0 Å². The summed E-state index contributed by atoms with van der Waals surface area (Å²) in [5.74, 6) is -1.08. The first-order chi connectivity index (χ1) is 29.5. The Kier molecular flexibility index (Phi) is 9.58. The van der Waals surface area contributed by atoms with Crippen LogP contribution in [-0.2, 0) is 26.2 Å². The van der Waals surface area contributed by atoms with Crippen LogP contribution in [0.25, 0.3) is 11.0 Å². The van der Waals surface area contributed by atoms with Gasteiger partial charge in [0.1, 0.15) is 22.1 Å². The number of hydrogen-bond acceptors (Lipinski definition) is 13. The summed E-state index contributed by atoms with van der Waals surface area (Å²) >= 11 is 0. The molecule has 2 N–H and O–H groups in total. The van der Waals surface area contributed by atoms with Crippen LogP contribution in [0.4, 0.5) is 17.2 Å². The molecule has 7 heterocycles. The van der Waals surface area contributed by atoms with Crippen LogP contribution < -0.4 is 24.6 Å². The van der Waals surface area contributed by atoms with E-state index in [0.717, 1.165) is 81.2 Å². The van der Waals surface area contributed by atoms with Crippen molar-refractivity contribution >= 4 is 61.8 Å². The van der Waals surface area contributed by atoms with Gasteiger partial charge in [-0.05, 0) is 98.8 Å². The van der Waals surface area contributed by atoms with Crippen LogP contribution in [0.1, 0.15) is 58.4 Å². The Balaban J connectivity index is 0.743. The first kappa shape index (κ1) is 38.9. The van der Waals surface area contributed by atoms with Gasteiger partial charge in [-0.25, -0.2) is 8.42 Å². The van der Waals surface area contributed by atoms with Gasteiger partial charge in [-0.1, -0.05) is 17.3 Å². The van der Waals surface area contributed by atoms with Gasteiger partial charge in [0.15, 0.2) is 11.4 Å². The molecule has 17 nitrogen and oxygen atoms in total. The topological polar surface area (TPSA) is 193 Å². The number of para-hydroxylation sites is 1. The molecule has 0 saturated carbocycles. The van der Waals surface area contributed by atoms with Gasteiger partial charge in [0.2, 0.25) is 11.8 Å². The van der Waals surface area contributed by atoms with Gasteiger partial charge >= 0.3 is 0 Å². The number of rotatable bonds is 11. The number of amides is 4. The van der Waals surface area contributed by atoms with Crippen molar-refractivity contribution in [3.63, 3.8) is 0 Å². The van der Waals surface area contributed by atoms with E-state index in [2.05, 4.69) is 35.0 Å². The maximum atomic E-state index is 14.0. The minimum Gasteiger partial charge on any atom is -0.496 e. The van der Waals surface area contributed by atoms with Gasteiger partial charge in [0, 0.05) is 62.6 Å². The minimum absolute atomic E-state index is 0.0577. The standard InChI is InChI=1S/C43H45N9O8S/c1-59-34-19-28(24-51-15-4-14-44-51)20-35-38(34)39(46-60-35)47-61(57,58)36-6-3-2-5-32(36)50-25-43(26-50)12-17-48(18-13-43)22-27-11-16-49(23-27)29-7-8-30-31(21-29)42(56)52(41(30)55)33-9-10-37(53)45-40(33)54/h2-8,14-15,19-21,27,33H,9-13,16-18,22-26H2,1H3,(H,46,47)(H,45,53,54). The van der Waals surface area contributed by atoms with Gasteiger partial charge in [-0.15, -0.1) is 0 Å². The van der Waals surface area contributed by atoms with Crippen LogP contribution >= 0.6 is 0 Å². The molecule has 4 amide bonds. The fourth-order valence-corrected chi connectivity index (χ4v) is 11.1. The molecule has 2 unspecified atom stereocenters. The summed E-state index contributed by atoms with van der Waals surface area (Å²) in [5, 5.41) is 11.0. The Labute approximate surface area is 351 Å². The average Bonchev–Trinajstić information content (AvgIpc) is 4.06. The van der Waals surface area contributed by atoms with E-state index in [1.807, 2.05) is 36.5 Å². The highest BCUT2D eigenvalue weighted by molar-refractivity contribution is 7.93. The van der Waals surface area contributed by atoms with Crippen LogP contribution in [0.15, 0.2) is 82.5 Å². The van der Waals surface area contributed by atoms with Crippen LogP contribution in [0.5, 0.6) is 5.75 Å². The first-order valence-electron chi connectivity index (χ1n) is 20.6. The zero-order valence-electron chi connectivity index (χ0n) is 33.6. The quantitative estimate of drug-likeness (QED) is 0.183. The third-order valence-electron chi connectivity index (χ3n) is 13.0. The lowest BCUT2D eigenvalue weighted by molar-refractivity contribution is -0.136. The molecule has 0 bridgehead atoms. The molecular formula is C43H45N9O8S. The van der Waals surface area contributed by atoms with Crippen molar-refractivity contribution in [1.29, 1.82) is 0 Å². The number of methoxy groups -OCH3 is 1. The van der Waals surface area contributed by atoms with E-state index in [4.69, 9.17) is 9.26 Å². The summed E-state index contributed by atoms with van der Waals surface area (Å²) < 4.78 is 43.7. The lowest BCUT2D eigenvalue weighted by Gasteiger charge is -2.55. The number of piperidine rings is 2. The Morgan fingerprint density at radius 3 is 2.51 bits per heavy atom. The number of nitrogens with one attached hydrogen (secondary N) is 2. The monoisotopic (exact) mass is 847 g/mol. The van der Waals surface area contributed by atoms with E-state index in [0.29, 0.717) is 40.4 Å². The van der Waals surface area contributed by atoms with Crippen molar-refractivity contribution in [2.24, 2.45) is 11.3 Å². The third-order valence-corrected chi connectivity index (χ3v) is 14.4. The summed E-state index contributed by atoms with van der Waals surface area (Å²) in [6.07, 6.45) is 6.80. The smallest absolute Gasteiger partial charge is 0.265 e. The van der Waals surface area contributed by atoms with Crippen LogP contribution in [-0.4, -0.2) is 116 Å². The second kappa shape index (κ2) is 15.0. The lowest BCUT2D eigenvalue weighted by atomic mass is 9.71. The molecule has 10 rings (SSSR count). The number of benzene rings is 3. The molecule has 1 spiro atoms. The van der Waals surface area contributed by atoms with Crippen molar-refractivity contribution in [3.8, 4) is 5.75 Å². The third kappa shape index (κ3) is 7.06. The zero-order chi connectivity index (χ0) is 42.0. The van der Waals surface area contributed by atoms with Crippen molar-refractivity contribution in [3.05, 3.63) is 89.7 Å². The second-order valence-electron chi connectivity index (χ2n) is 16.9. The average molecular weight is 848 g/mol. The van der Waals surface area contributed by atoms with E-state index in [-0.39, 0.29) is 34.5 Å². The summed E-state index contributed by atoms with van der Waals surface area (Å²) in [7, 11) is -2.54. The van der Waals surface area contributed by atoms with E-state index < -0.39 is 39.7 Å². The molecule has 0 radical (unpaired) electrons. The molecular weight excluding hydrogens is 803 g/mol. The molecule has 5 aromatic rings. The highest BCUT2D eigenvalue weighted by atomic mass is 32.2. The Morgan fingerprint density at radius 1 is 0.934 bits per heavy atom. The Hall–Kier alpha value is -6.27. The number of likely N-dealkylation sites (tertiary alicyclic amines) is 1. The predicted molar refractivity (Wildman–Crippen MR) is 223 cm³/mol. The second-order valence-corrected chi connectivity index (χ2v) is 18.6. The van der Waals surface area contributed by atoms with E-state index in [9.17, 15) is 27.6 Å².